The molecule has 0 bridgehead atoms. The summed E-state index contributed by atoms with van der Waals surface area (Å²) in [5.74, 6) is 0.174. The average molecular weight is 158 g/mol. The molecule has 0 rings (SSSR count). The lowest BCUT2D eigenvalue weighted by Gasteiger charge is -2.15. The van der Waals surface area contributed by atoms with Crippen LogP contribution in [0.3, 0.4) is 0 Å². The fraction of sp³-hybridized carbons (Fsp3) is 0.889. The fourth-order valence-electron chi connectivity index (χ4n) is 1.19. The van der Waals surface area contributed by atoms with Crippen LogP contribution in [-0.2, 0) is 4.79 Å². The lowest BCUT2D eigenvalue weighted by Crippen LogP contribution is -2.20. The highest BCUT2D eigenvalue weighted by atomic mass is 16.3. The molecular formula is C9H18O2. The summed E-state index contributed by atoms with van der Waals surface area (Å²) >= 11 is 0. The predicted octanol–water partition coefficient (Wildman–Crippen LogP) is 1.76. The quantitative estimate of drug-likeness (QED) is 0.598. The number of carbonyl (C=O) groups excluding carboxylic acids is 1. The van der Waals surface area contributed by atoms with Crippen molar-refractivity contribution < 1.29 is 9.90 Å². The van der Waals surface area contributed by atoms with E-state index in [1.807, 2.05) is 6.92 Å². The smallest absolute Gasteiger partial charge is 0.148 e. The molecule has 1 N–H and O–H groups in total. The van der Waals surface area contributed by atoms with E-state index in [-0.39, 0.29) is 5.92 Å². The number of aliphatic hydroxyl groups is 1. The second-order valence-electron chi connectivity index (χ2n) is 2.94. The minimum absolute atomic E-state index is 0.174. The molecule has 11 heavy (non-hydrogen) atoms. The molecule has 0 spiro atoms. The minimum Gasteiger partial charge on any atom is -0.385 e. The van der Waals surface area contributed by atoms with Gasteiger partial charge in [-0.3, -0.25) is 0 Å². The van der Waals surface area contributed by atoms with Crippen molar-refractivity contribution in [2.24, 2.45) is 5.92 Å². The Morgan fingerprint density at radius 3 is 2.45 bits per heavy atom. The van der Waals surface area contributed by atoms with Crippen LogP contribution < -0.4 is 0 Å². The topological polar surface area (TPSA) is 37.3 Å². The number of hydrogen-bond acceptors (Lipinski definition) is 2. The van der Waals surface area contributed by atoms with E-state index in [1.54, 1.807) is 0 Å². The average Bonchev–Trinajstić information content (AvgIpc) is 2.05. The lowest BCUT2D eigenvalue weighted by atomic mass is 9.94. The summed E-state index contributed by atoms with van der Waals surface area (Å²) in [5.41, 5.74) is 0. The van der Waals surface area contributed by atoms with Crippen LogP contribution in [0.4, 0.5) is 0 Å². The van der Waals surface area contributed by atoms with Gasteiger partial charge < -0.3 is 9.90 Å². The molecule has 0 radical (unpaired) electrons. The minimum atomic E-state index is -0.744. The van der Waals surface area contributed by atoms with Gasteiger partial charge in [0.15, 0.2) is 0 Å². The first-order valence-corrected chi connectivity index (χ1v) is 4.39. The molecule has 0 aliphatic carbocycles. The summed E-state index contributed by atoms with van der Waals surface area (Å²) in [7, 11) is 0. The number of hydrogen-bond donors (Lipinski definition) is 1. The van der Waals surface area contributed by atoms with Gasteiger partial charge >= 0.3 is 0 Å². The van der Waals surface area contributed by atoms with Crippen molar-refractivity contribution in [3.8, 4) is 0 Å². The van der Waals surface area contributed by atoms with E-state index in [1.165, 1.54) is 0 Å². The van der Waals surface area contributed by atoms with Gasteiger partial charge in [-0.2, -0.15) is 0 Å². The molecule has 0 fully saturated rings. The van der Waals surface area contributed by atoms with E-state index < -0.39 is 6.10 Å². The summed E-state index contributed by atoms with van der Waals surface area (Å²) in [6.45, 7) is 4.12. The molecule has 0 heterocycles. The van der Waals surface area contributed by atoms with E-state index in [9.17, 15) is 9.90 Å². The van der Waals surface area contributed by atoms with Crippen molar-refractivity contribution in [1.82, 2.24) is 0 Å². The molecule has 2 heteroatoms. The third kappa shape index (κ3) is 4.14. The van der Waals surface area contributed by atoms with Crippen molar-refractivity contribution in [3.05, 3.63) is 0 Å². The SMILES string of the molecule is CCCCC(CC)C(O)C=O. The molecule has 0 aromatic heterocycles. The van der Waals surface area contributed by atoms with Crippen LogP contribution in [0.1, 0.15) is 39.5 Å². The normalized spacial score (nSPS) is 15.9. The highest BCUT2D eigenvalue weighted by Gasteiger charge is 2.14. The van der Waals surface area contributed by atoms with E-state index in [0.717, 1.165) is 25.7 Å². The van der Waals surface area contributed by atoms with Gasteiger partial charge in [0.05, 0.1) is 0 Å². The Balaban J connectivity index is 3.64. The van der Waals surface area contributed by atoms with Crippen LogP contribution in [0.2, 0.25) is 0 Å². The van der Waals surface area contributed by atoms with Crippen LogP contribution in [0.25, 0.3) is 0 Å². The first-order chi connectivity index (χ1) is 5.26. The molecule has 66 valence electrons. The zero-order valence-corrected chi connectivity index (χ0v) is 7.42. The van der Waals surface area contributed by atoms with Gasteiger partial charge in [-0.15, -0.1) is 0 Å². The fourth-order valence-corrected chi connectivity index (χ4v) is 1.19. The molecule has 2 nitrogen and oxygen atoms in total. The van der Waals surface area contributed by atoms with E-state index in [4.69, 9.17) is 0 Å². The van der Waals surface area contributed by atoms with Crippen LogP contribution in [-0.4, -0.2) is 17.5 Å². The van der Waals surface area contributed by atoms with Crippen LogP contribution >= 0.6 is 0 Å². The number of aldehydes is 1. The molecule has 0 saturated heterocycles. The molecule has 0 saturated carbocycles. The number of unbranched alkanes of at least 4 members (excludes halogenated alkanes) is 1. The van der Waals surface area contributed by atoms with Gasteiger partial charge in [-0.1, -0.05) is 33.1 Å². The van der Waals surface area contributed by atoms with Crippen molar-refractivity contribution in [3.63, 3.8) is 0 Å². The van der Waals surface area contributed by atoms with Crippen molar-refractivity contribution in [2.75, 3.05) is 0 Å². The highest BCUT2D eigenvalue weighted by molar-refractivity contribution is 5.55. The third-order valence-electron chi connectivity index (χ3n) is 2.08. The van der Waals surface area contributed by atoms with E-state index in [0.29, 0.717) is 6.29 Å². The van der Waals surface area contributed by atoms with Gasteiger partial charge in [0, 0.05) is 0 Å². The summed E-state index contributed by atoms with van der Waals surface area (Å²) in [4.78, 5) is 10.2. The molecule has 0 aliphatic heterocycles. The molecule has 0 aromatic carbocycles. The number of aliphatic hydroxyl groups excluding tert-OH is 1. The second kappa shape index (κ2) is 6.35. The largest absolute Gasteiger partial charge is 0.385 e. The number of carbonyl (C=O) groups is 1. The molecule has 2 unspecified atom stereocenters. The van der Waals surface area contributed by atoms with Gasteiger partial charge in [0.2, 0.25) is 0 Å². The van der Waals surface area contributed by atoms with E-state index >= 15 is 0 Å². The molecule has 2 atom stereocenters. The van der Waals surface area contributed by atoms with Crippen molar-refractivity contribution >= 4 is 6.29 Å². The van der Waals surface area contributed by atoms with Crippen LogP contribution in [0.15, 0.2) is 0 Å². The second-order valence-corrected chi connectivity index (χ2v) is 2.94. The van der Waals surface area contributed by atoms with Crippen LogP contribution in [0.5, 0.6) is 0 Å². The maximum Gasteiger partial charge on any atom is 0.148 e. The molecule has 0 amide bonds. The Morgan fingerprint density at radius 2 is 2.09 bits per heavy atom. The summed E-state index contributed by atoms with van der Waals surface area (Å²) in [5, 5.41) is 9.18. The zero-order valence-electron chi connectivity index (χ0n) is 7.42. The Bertz CT molecular complexity index is 102. The van der Waals surface area contributed by atoms with Gasteiger partial charge in [0.25, 0.3) is 0 Å². The van der Waals surface area contributed by atoms with E-state index in [2.05, 4.69) is 6.92 Å². The Morgan fingerprint density at radius 1 is 1.45 bits per heavy atom. The summed E-state index contributed by atoms with van der Waals surface area (Å²) in [6, 6.07) is 0. The summed E-state index contributed by atoms with van der Waals surface area (Å²) in [6.07, 6.45) is 3.98. The molecular weight excluding hydrogens is 140 g/mol. The van der Waals surface area contributed by atoms with Crippen LogP contribution in [0, 0.1) is 5.92 Å². The lowest BCUT2D eigenvalue weighted by molar-refractivity contribution is -0.117. The molecule has 0 aromatic rings. The van der Waals surface area contributed by atoms with Gasteiger partial charge in [-0.05, 0) is 12.3 Å². The first kappa shape index (κ1) is 10.6. The standard InChI is InChI=1S/C9H18O2/c1-3-5-6-8(4-2)9(11)7-10/h7-9,11H,3-6H2,1-2H3. The number of rotatable bonds is 6. The van der Waals surface area contributed by atoms with Crippen molar-refractivity contribution in [1.29, 1.82) is 0 Å². The highest BCUT2D eigenvalue weighted by Crippen LogP contribution is 2.15. The van der Waals surface area contributed by atoms with Crippen molar-refractivity contribution in [2.45, 2.75) is 45.6 Å². The maximum absolute atomic E-state index is 10.2. The zero-order chi connectivity index (χ0) is 8.69. The predicted molar refractivity (Wildman–Crippen MR) is 45.4 cm³/mol. The van der Waals surface area contributed by atoms with Gasteiger partial charge in [0.1, 0.15) is 12.4 Å². The van der Waals surface area contributed by atoms with Gasteiger partial charge in [-0.25, -0.2) is 0 Å². The third-order valence-corrected chi connectivity index (χ3v) is 2.08. The molecule has 0 aliphatic rings. The first-order valence-electron chi connectivity index (χ1n) is 4.39. The Labute approximate surface area is 68.6 Å². The monoisotopic (exact) mass is 158 g/mol. The Kier molecular flexibility index (Phi) is 6.13. The maximum atomic E-state index is 10.2. The summed E-state index contributed by atoms with van der Waals surface area (Å²) < 4.78 is 0. The Hall–Kier alpha value is -0.370.